The zero-order valence-corrected chi connectivity index (χ0v) is 11.2. The fraction of sp³-hybridized carbons (Fsp3) is 0.800. The first-order valence-electron chi connectivity index (χ1n) is 5.61. The second-order valence-corrected chi connectivity index (χ2v) is 5.25. The maximum Gasteiger partial charge on any atom is 0.239 e. The maximum absolute atomic E-state index is 11.9. The molecule has 0 aromatic carbocycles. The number of amides is 2. The van der Waals surface area contributed by atoms with Crippen LogP contribution in [0.4, 0.5) is 0 Å². The Morgan fingerprint density at radius 3 is 2.94 bits per heavy atom. The second-order valence-electron chi connectivity index (χ2n) is 4.10. The minimum Gasteiger partial charge on any atom is -0.353 e. The number of carbonyl (C=O) groups excluding carboxylic acids is 2. The van der Waals surface area contributed by atoms with Crippen molar-refractivity contribution < 1.29 is 9.59 Å². The molecule has 1 unspecified atom stereocenters. The molecule has 2 aliphatic heterocycles. The molecule has 2 heterocycles. The van der Waals surface area contributed by atoms with Crippen LogP contribution in [0.1, 0.15) is 6.42 Å². The van der Waals surface area contributed by atoms with E-state index in [0.717, 1.165) is 18.1 Å². The van der Waals surface area contributed by atoms with Crippen LogP contribution in [0.5, 0.6) is 0 Å². The molecular formula is C10H18ClN3O2S. The van der Waals surface area contributed by atoms with Gasteiger partial charge in [-0.25, -0.2) is 0 Å². The molecule has 0 aromatic heterocycles. The summed E-state index contributed by atoms with van der Waals surface area (Å²) in [5.74, 6) is 2.16. The van der Waals surface area contributed by atoms with Gasteiger partial charge < -0.3 is 15.5 Å². The Balaban J connectivity index is 0.00000144. The molecule has 0 radical (unpaired) electrons. The summed E-state index contributed by atoms with van der Waals surface area (Å²) >= 11 is 1.88. The third-order valence-electron chi connectivity index (χ3n) is 2.81. The Morgan fingerprint density at radius 1 is 1.47 bits per heavy atom. The van der Waals surface area contributed by atoms with E-state index in [9.17, 15) is 9.59 Å². The number of thioether (sulfide) groups is 1. The zero-order valence-electron chi connectivity index (χ0n) is 9.61. The number of nitrogens with zero attached hydrogens (tertiary/aromatic N) is 1. The zero-order chi connectivity index (χ0) is 11.4. The SMILES string of the molecule is Cl.O=C1CN(C(=O)CC2CSCCN2)CCN1. The summed E-state index contributed by atoms with van der Waals surface area (Å²) in [6.07, 6.45) is 0.514. The third kappa shape index (κ3) is 4.37. The van der Waals surface area contributed by atoms with Gasteiger partial charge in [0.2, 0.25) is 11.8 Å². The highest BCUT2D eigenvalue weighted by molar-refractivity contribution is 7.99. The number of halogens is 1. The van der Waals surface area contributed by atoms with Crippen molar-refractivity contribution in [1.82, 2.24) is 15.5 Å². The van der Waals surface area contributed by atoms with Gasteiger partial charge in [0.25, 0.3) is 0 Å². The van der Waals surface area contributed by atoms with Gasteiger partial charge in [-0.15, -0.1) is 12.4 Å². The van der Waals surface area contributed by atoms with Crippen molar-refractivity contribution in [1.29, 1.82) is 0 Å². The molecule has 7 heteroatoms. The largest absolute Gasteiger partial charge is 0.353 e. The van der Waals surface area contributed by atoms with Crippen LogP contribution in [-0.4, -0.2) is 60.4 Å². The Bertz CT molecular complexity index is 285. The molecule has 0 bridgehead atoms. The first kappa shape index (κ1) is 14.6. The molecule has 2 amide bonds. The summed E-state index contributed by atoms with van der Waals surface area (Å²) < 4.78 is 0. The van der Waals surface area contributed by atoms with Crippen molar-refractivity contribution in [3.63, 3.8) is 0 Å². The van der Waals surface area contributed by atoms with Crippen LogP contribution in [0.25, 0.3) is 0 Å². The normalized spacial score (nSPS) is 24.8. The molecule has 0 saturated carbocycles. The predicted octanol–water partition coefficient (Wildman–Crippen LogP) is -0.538. The highest BCUT2D eigenvalue weighted by Gasteiger charge is 2.24. The van der Waals surface area contributed by atoms with Gasteiger partial charge in [0, 0.05) is 43.6 Å². The van der Waals surface area contributed by atoms with Crippen LogP contribution in [0.15, 0.2) is 0 Å². The van der Waals surface area contributed by atoms with Crippen molar-refractivity contribution in [2.24, 2.45) is 0 Å². The lowest BCUT2D eigenvalue weighted by molar-refractivity contribution is -0.138. The third-order valence-corrected chi connectivity index (χ3v) is 3.94. The number of rotatable bonds is 2. The average molecular weight is 280 g/mol. The molecule has 17 heavy (non-hydrogen) atoms. The van der Waals surface area contributed by atoms with E-state index in [4.69, 9.17) is 0 Å². The van der Waals surface area contributed by atoms with Crippen LogP contribution < -0.4 is 10.6 Å². The number of carbonyl (C=O) groups is 2. The first-order chi connectivity index (χ1) is 7.75. The van der Waals surface area contributed by atoms with Crippen LogP contribution in [0.2, 0.25) is 0 Å². The molecular weight excluding hydrogens is 262 g/mol. The molecule has 1 atom stereocenters. The Labute approximate surface area is 111 Å². The van der Waals surface area contributed by atoms with Gasteiger partial charge in [-0.1, -0.05) is 0 Å². The highest BCUT2D eigenvalue weighted by Crippen LogP contribution is 2.11. The lowest BCUT2D eigenvalue weighted by Gasteiger charge is -2.29. The van der Waals surface area contributed by atoms with E-state index >= 15 is 0 Å². The summed E-state index contributed by atoms with van der Waals surface area (Å²) in [6, 6.07) is 0.274. The van der Waals surface area contributed by atoms with Gasteiger partial charge in [0.05, 0.1) is 6.54 Å². The van der Waals surface area contributed by atoms with Crippen molar-refractivity contribution >= 4 is 36.0 Å². The molecule has 2 fully saturated rings. The fourth-order valence-electron chi connectivity index (χ4n) is 1.94. The average Bonchev–Trinajstić information content (AvgIpc) is 2.30. The van der Waals surface area contributed by atoms with Gasteiger partial charge in [-0.05, 0) is 0 Å². The molecule has 98 valence electrons. The molecule has 0 spiro atoms. The van der Waals surface area contributed by atoms with E-state index in [1.54, 1.807) is 4.90 Å². The van der Waals surface area contributed by atoms with Crippen LogP contribution >= 0.6 is 24.2 Å². The molecule has 0 aromatic rings. The second kappa shape index (κ2) is 7.08. The highest BCUT2D eigenvalue weighted by atomic mass is 35.5. The smallest absolute Gasteiger partial charge is 0.239 e. The standard InChI is InChI=1S/C10H17N3O2S.ClH/c14-9-6-13(3-1-12-9)10(15)5-8-7-16-4-2-11-8;/h8,11H,1-7H2,(H,12,14);1H. The van der Waals surface area contributed by atoms with E-state index in [2.05, 4.69) is 10.6 Å². The van der Waals surface area contributed by atoms with Crippen LogP contribution in [0, 0.1) is 0 Å². The quantitative estimate of drug-likeness (QED) is 0.713. The van der Waals surface area contributed by atoms with Crippen molar-refractivity contribution in [3.05, 3.63) is 0 Å². The van der Waals surface area contributed by atoms with Gasteiger partial charge in [0.1, 0.15) is 0 Å². The van der Waals surface area contributed by atoms with Crippen molar-refractivity contribution in [2.45, 2.75) is 12.5 Å². The minimum absolute atomic E-state index is 0. The molecule has 2 rings (SSSR count). The van der Waals surface area contributed by atoms with E-state index in [-0.39, 0.29) is 36.8 Å². The summed E-state index contributed by atoms with van der Waals surface area (Å²) in [7, 11) is 0. The van der Waals surface area contributed by atoms with Gasteiger partial charge >= 0.3 is 0 Å². The topological polar surface area (TPSA) is 61.4 Å². The van der Waals surface area contributed by atoms with E-state index in [1.165, 1.54) is 0 Å². The van der Waals surface area contributed by atoms with Crippen LogP contribution in [0.3, 0.4) is 0 Å². The van der Waals surface area contributed by atoms with E-state index in [0.29, 0.717) is 19.5 Å². The lowest BCUT2D eigenvalue weighted by Crippen LogP contribution is -2.51. The van der Waals surface area contributed by atoms with Crippen molar-refractivity contribution in [3.8, 4) is 0 Å². The minimum atomic E-state index is -0.0504. The van der Waals surface area contributed by atoms with Gasteiger partial charge in [-0.3, -0.25) is 9.59 Å². The molecule has 2 saturated heterocycles. The number of piperazine rings is 1. The maximum atomic E-state index is 11.9. The Morgan fingerprint density at radius 2 is 2.29 bits per heavy atom. The fourth-order valence-corrected chi connectivity index (χ4v) is 2.89. The van der Waals surface area contributed by atoms with E-state index < -0.39 is 0 Å². The van der Waals surface area contributed by atoms with E-state index in [1.807, 2.05) is 11.8 Å². The summed E-state index contributed by atoms with van der Waals surface area (Å²) in [5.41, 5.74) is 0. The molecule has 5 nitrogen and oxygen atoms in total. The lowest BCUT2D eigenvalue weighted by atomic mass is 10.2. The van der Waals surface area contributed by atoms with Crippen molar-refractivity contribution in [2.75, 3.05) is 37.7 Å². The number of nitrogens with one attached hydrogen (secondary N) is 2. The van der Waals surface area contributed by atoms with Crippen LogP contribution in [-0.2, 0) is 9.59 Å². The molecule has 2 N–H and O–H groups in total. The van der Waals surface area contributed by atoms with Gasteiger partial charge in [-0.2, -0.15) is 11.8 Å². The monoisotopic (exact) mass is 279 g/mol. The molecule has 0 aliphatic carbocycles. The Hall–Kier alpha value is -0.460. The summed E-state index contributed by atoms with van der Waals surface area (Å²) in [4.78, 5) is 24.7. The first-order valence-corrected chi connectivity index (χ1v) is 6.77. The number of hydrogen-bond acceptors (Lipinski definition) is 4. The molecule has 2 aliphatic rings. The Kier molecular flexibility index (Phi) is 6.08. The van der Waals surface area contributed by atoms with Gasteiger partial charge in [0.15, 0.2) is 0 Å². The number of hydrogen-bond donors (Lipinski definition) is 2. The summed E-state index contributed by atoms with van der Waals surface area (Å²) in [5, 5.41) is 6.05. The predicted molar refractivity (Wildman–Crippen MR) is 70.6 cm³/mol. The summed E-state index contributed by atoms with van der Waals surface area (Å²) in [6.45, 7) is 2.42.